The zero-order valence-corrected chi connectivity index (χ0v) is 18.3. The van der Waals surface area contributed by atoms with Gasteiger partial charge < -0.3 is 14.8 Å². The number of allylic oxidation sites excluding steroid dienone is 4. The third kappa shape index (κ3) is 3.99. The van der Waals surface area contributed by atoms with Gasteiger partial charge in [0.15, 0.2) is 0 Å². The van der Waals surface area contributed by atoms with E-state index < -0.39 is 16.1 Å². The first-order valence-electron chi connectivity index (χ1n) is 10.2. The molecule has 0 saturated heterocycles. The zero-order valence-electron chi connectivity index (χ0n) is 17.4. The van der Waals surface area contributed by atoms with E-state index in [1.807, 2.05) is 0 Å². The van der Waals surface area contributed by atoms with Gasteiger partial charge in [0, 0.05) is 37.0 Å². The number of furan rings is 1. The number of aliphatic hydroxyl groups excluding tert-OH is 1. The molecule has 166 valence electrons. The van der Waals surface area contributed by atoms with E-state index in [0.717, 1.165) is 6.26 Å². The average molecular weight is 449 g/mol. The van der Waals surface area contributed by atoms with Crippen molar-refractivity contribution >= 4 is 38.2 Å². The van der Waals surface area contributed by atoms with Gasteiger partial charge in [-0.3, -0.25) is 9.10 Å². The summed E-state index contributed by atoms with van der Waals surface area (Å²) in [4.78, 5) is 12.8. The number of anilines is 1. The minimum Gasteiger partial charge on any atom is -0.455 e. The highest BCUT2D eigenvalue weighted by Gasteiger charge is 2.30. The number of carbonyl (C=O) groups is 1. The number of sulfonamides is 1. The number of benzene rings is 1. The maximum absolute atomic E-state index is 13.5. The minimum atomic E-state index is -3.58. The maximum atomic E-state index is 13.5. The van der Waals surface area contributed by atoms with Gasteiger partial charge >= 0.3 is 0 Å². The van der Waals surface area contributed by atoms with E-state index in [1.54, 1.807) is 18.2 Å². The van der Waals surface area contributed by atoms with Crippen molar-refractivity contribution in [3.05, 3.63) is 47.0 Å². The van der Waals surface area contributed by atoms with Gasteiger partial charge in [0.2, 0.25) is 10.0 Å². The Morgan fingerprint density at radius 3 is 2.68 bits per heavy atom. The van der Waals surface area contributed by atoms with Gasteiger partial charge in [-0.1, -0.05) is 6.08 Å². The van der Waals surface area contributed by atoms with E-state index >= 15 is 0 Å². The third-order valence-corrected chi connectivity index (χ3v) is 6.98. The summed E-state index contributed by atoms with van der Waals surface area (Å²) in [6.07, 6.45) is 5.60. The van der Waals surface area contributed by atoms with Crippen molar-refractivity contribution in [2.75, 3.05) is 24.2 Å². The number of halogens is 1. The van der Waals surface area contributed by atoms with Crippen LogP contribution in [0.3, 0.4) is 0 Å². The van der Waals surface area contributed by atoms with Crippen molar-refractivity contribution in [1.82, 2.24) is 5.32 Å². The van der Waals surface area contributed by atoms with Gasteiger partial charge in [-0.2, -0.15) is 0 Å². The quantitative estimate of drug-likeness (QED) is 0.744. The minimum absolute atomic E-state index is 0.215. The summed E-state index contributed by atoms with van der Waals surface area (Å²) in [6, 6.07) is 3.23. The largest absolute Gasteiger partial charge is 0.455 e. The molecule has 1 amide bonds. The van der Waals surface area contributed by atoms with E-state index in [9.17, 15) is 22.7 Å². The molecule has 2 aromatic rings. The molecule has 0 fully saturated rings. The summed E-state index contributed by atoms with van der Waals surface area (Å²) in [5, 5.41) is 13.9. The molecule has 0 bridgehead atoms. The van der Waals surface area contributed by atoms with Crippen LogP contribution in [-0.2, 0) is 10.0 Å². The van der Waals surface area contributed by atoms with Crippen molar-refractivity contribution in [3.8, 4) is 0 Å². The van der Waals surface area contributed by atoms with E-state index in [2.05, 4.69) is 5.32 Å². The number of rotatable bonds is 3. The van der Waals surface area contributed by atoms with Crippen LogP contribution in [0, 0.1) is 0 Å². The molecule has 1 aromatic carbocycles. The fraction of sp³-hybridized carbons (Fsp3) is 0.409. The van der Waals surface area contributed by atoms with Crippen molar-refractivity contribution in [2.45, 2.75) is 38.2 Å². The molecule has 1 aliphatic heterocycles. The van der Waals surface area contributed by atoms with Crippen LogP contribution in [0.15, 0.2) is 34.5 Å². The average Bonchev–Trinajstić information content (AvgIpc) is 3.08. The maximum Gasteiger partial charge on any atom is 0.255 e. The molecule has 1 atom stereocenters. The van der Waals surface area contributed by atoms with Gasteiger partial charge in [0.05, 0.1) is 23.6 Å². The fourth-order valence-electron chi connectivity index (χ4n) is 4.22. The molecule has 2 N–H and O–H groups in total. The smallest absolute Gasteiger partial charge is 0.255 e. The van der Waals surface area contributed by atoms with Crippen LogP contribution in [-0.4, -0.2) is 39.3 Å². The summed E-state index contributed by atoms with van der Waals surface area (Å²) in [6.45, 7) is 0.301. The van der Waals surface area contributed by atoms with Crippen LogP contribution in [0.25, 0.3) is 16.5 Å². The molecule has 2 aliphatic rings. The first-order valence-corrected chi connectivity index (χ1v) is 12.1. The van der Waals surface area contributed by atoms with Gasteiger partial charge in [-0.15, -0.1) is 0 Å². The van der Waals surface area contributed by atoms with E-state index in [0.29, 0.717) is 71.3 Å². The summed E-state index contributed by atoms with van der Waals surface area (Å²) >= 11 is 0. The highest BCUT2D eigenvalue weighted by atomic mass is 32.2. The molecule has 0 radical (unpaired) electrons. The predicted octanol–water partition coefficient (Wildman–Crippen LogP) is 3.81. The topological polar surface area (TPSA) is 99.8 Å². The van der Waals surface area contributed by atoms with Crippen LogP contribution < -0.4 is 9.62 Å². The molecular weight excluding hydrogens is 423 g/mol. The molecule has 9 heteroatoms. The lowest BCUT2D eigenvalue weighted by molar-refractivity contribution is 0.0963. The predicted molar refractivity (Wildman–Crippen MR) is 117 cm³/mol. The second-order valence-electron chi connectivity index (χ2n) is 7.94. The first kappa shape index (κ1) is 21.6. The number of nitrogens with one attached hydrogen (secondary N) is 1. The number of carbonyl (C=O) groups excluding carboxylic acids is 1. The summed E-state index contributed by atoms with van der Waals surface area (Å²) < 4.78 is 45.7. The van der Waals surface area contributed by atoms with E-state index in [1.165, 1.54) is 17.4 Å². The van der Waals surface area contributed by atoms with Crippen molar-refractivity contribution in [1.29, 1.82) is 0 Å². The lowest BCUT2D eigenvalue weighted by Crippen LogP contribution is -2.33. The Kier molecular flexibility index (Phi) is 5.65. The molecule has 7 nitrogen and oxygen atoms in total. The highest BCUT2D eigenvalue weighted by molar-refractivity contribution is 7.92. The molecule has 1 unspecified atom stereocenters. The Labute approximate surface area is 180 Å². The Morgan fingerprint density at radius 2 is 2.03 bits per heavy atom. The number of aliphatic hydroxyl groups is 1. The number of hydrogen-bond acceptors (Lipinski definition) is 5. The van der Waals surface area contributed by atoms with Crippen LogP contribution >= 0.6 is 0 Å². The standard InChI is InChI=1S/C22H25FN2O5S/c1-24-22(27)20-16-11-15-17(25(31(2,28)29)10-4-3-5-18(15)26)12-19(16)30-21(20)13-6-8-14(23)9-7-13/h6,8,11-12,18,26H,3-5,7,9-10H2,1-2H3,(H,24,27). The molecule has 0 spiro atoms. The third-order valence-electron chi connectivity index (χ3n) is 5.80. The van der Waals surface area contributed by atoms with Crippen LogP contribution in [0.4, 0.5) is 10.1 Å². The number of fused-ring (bicyclic) bond motifs is 2. The van der Waals surface area contributed by atoms with Crippen LogP contribution in [0.5, 0.6) is 0 Å². The zero-order chi connectivity index (χ0) is 22.3. The first-order chi connectivity index (χ1) is 14.7. The molecule has 4 rings (SSSR count). The lowest BCUT2D eigenvalue weighted by Gasteiger charge is -2.29. The second kappa shape index (κ2) is 8.12. The number of amides is 1. The second-order valence-corrected chi connectivity index (χ2v) is 9.85. The molecule has 2 heterocycles. The lowest BCUT2D eigenvalue weighted by atomic mass is 9.95. The molecule has 1 aliphatic carbocycles. The van der Waals surface area contributed by atoms with Gasteiger partial charge in [-0.25, -0.2) is 12.8 Å². The molecule has 1 aromatic heterocycles. The Bertz CT molecular complexity index is 1210. The highest BCUT2D eigenvalue weighted by Crippen LogP contribution is 2.41. The van der Waals surface area contributed by atoms with Crippen LogP contribution in [0.2, 0.25) is 0 Å². The van der Waals surface area contributed by atoms with E-state index in [4.69, 9.17) is 4.42 Å². The van der Waals surface area contributed by atoms with Gasteiger partial charge in [-0.05, 0) is 43.4 Å². The molecular formula is C22H25FN2O5S. The van der Waals surface area contributed by atoms with Crippen molar-refractivity contribution in [2.24, 2.45) is 0 Å². The summed E-state index contributed by atoms with van der Waals surface area (Å²) in [5.74, 6) is -0.280. The van der Waals surface area contributed by atoms with Crippen molar-refractivity contribution in [3.63, 3.8) is 0 Å². The summed E-state index contributed by atoms with van der Waals surface area (Å²) in [5.41, 5.74) is 2.12. The Morgan fingerprint density at radius 1 is 1.26 bits per heavy atom. The SMILES string of the molecule is CNC(=O)c1c(C2=CC=C(F)CC2)oc2cc3c(cc12)C(O)CCCCN3S(C)(=O)=O. The van der Waals surface area contributed by atoms with Gasteiger partial charge in [0.1, 0.15) is 17.2 Å². The number of hydrogen-bond donors (Lipinski definition) is 2. The fourth-order valence-corrected chi connectivity index (χ4v) is 5.20. The van der Waals surface area contributed by atoms with Crippen molar-refractivity contribution < 1.29 is 27.1 Å². The number of nitrogens with zero attached hydrogens (tertiary/aromatic N) is 1. The Hall–Kier alpha value is -2.65. The normalized spacial score (nSPS) is 19.9. The summed E-state index contributed by atoms with van der Waals surface area (Å²) in [7, 11) is -2.07. The molecule has 0 saturated carbocycles. The molecule has 31 heavy (non-hydrogen) atoms. The Balaban J connectivity index is 2.00. The van der Waals surface area contributed by atoms with Gasteiger partial charge in [0.25, 0.3) is 5.91 Å². The monoisotopic (exact) mass is 448 g/mol. The van der Waals surface area contributed by atoms with Crippen LogP contribution in [0.1, 0.15) is 59.9 Å². The van der Waals surface area contributed by atoms with E-state index in [-0.39, 0.29) is 18.2 Å².